The molecule has 3 nitrogen and oxygen atoms in total. The average molecular weight is 235 g/mol. The lowest BCUT2D eigenvalue weighted by molar-refractivity contribution is 1.31. The first-order valence-electron chi connectivity index (χ1n) is 5.79. The number of hydrogen-bond donors (Lipinski definition) is 2. The Kier molecular flexibility index (Phi) is 2.57. The molecule has 0 unspecified atom stereocenters. The molecule has 0 fully saturated rings. The van der Waals surface area contributed by atoms with Gasteiger partial charge in [-0.25, -0.2) is 4.98 Å². The zero-order chi connectivity index (χ0) is 12.4. The molecule has 1 heterocycles. The number of aromatic nitrogens is 1. The largest absolute Gasteiger partial charge is 0.396 e. The maximum atomic E-state index is 5.86. The van der Waals surface area contributed by atoms with Gasteiger partial charge in [-0.05, 0) is 35.0 Å². The number of hydrogen-bond acceptors (Lipinski definition) is 3. The van der Waals surface area contributed by atoms with E-state index in [4.69, 9.17) is 5.73 Å². The smallest absolute Gasteiger partial charge is 0.153 e. The normalized spacial score (nSPS) is 10.4. The van der Waals surface area contributed by atoms with E-state index in [0.29, 0.717) is 11.5 Å². The van der Waals surface area contributed by atoms with Gasteiger partial charge in [0.15, 0.2) is 5.82 Å². The van der Waals surface area contributed by atoms with E-state index < -0.39 is 0 Å². The summed E-state index contributed by atoms with van der Waals surface area (Å²) < 4.78 is 0. The van der Waals surface area contributed by atoms with E-state index in [1.54, 1.807) is 6.20 Å². The maximum Gasteiger partial charge on any atom is 0.153 e. The highest BCUT2D eigenvalue weighted by molar-refractivity contribution is 5.86. The van der Waals surface area contributed by atoms with Crippen LogP contribution >= 0.6 is 0 Å². The molecule has 3 rings (SSSR count). The summed E-state index contributed by atoms with van der Waals surface area (Å²) in [5, 5.41) is 5.64. The molecule has 0 radical (unpaired) electrons. The van der Waals surface area contributed by atoms with Crippen molar-refractivity contribution in [3.63, 3.8) is 0 Å². The highest BCUT2D eigenvalue weighted by Gasteiger charge is 2.00. The topological polar surface area (TPSA) is 50.9 Å². The van der Waals surface area contributed by atoms with Gasteiger partial charge in [0.05, 0.1) is 5.69 Å². The van der Waals surface area contributed by atoms with E-state index in [1.807, 2.05) is 30.3 Å². The Bertz CT molecular complexity index is 692. The summed E-state index contributed by atoms with van der Waals surface area (Å²) in [5.74, 6) is 0.688. The molecule has 18 heavy (non-hydrogen) atoms. The number of rotatable bonds is 2. The van der Waals surface area contributed by atoms with Crippen LogP contribution < -0.4 is 11.1 Å². The SMILES string of the molecule is Nc1cccnc1Nc1ccc2ccccc2c1. The number of anilines is 3. The molecule has 88 valence electrons. The summed E-state index contributed by atoms with van der Waals surface area (Å²) in [7, 11) is 0. The highest BCUT2D eigenvalue weighted by atomic mass is 15.0. The Morgan fingerprint density at radius 2 is 1.72 bits per heavy atom. The van der Waals surface area contributed by atoms with Crippen LogP contribution in [0.4, 0.5) is 17.2 Å². The minimum absolute atomic E-state index is 0.644. The molecular weight excluding hydrogens is 222 g/mol. The minimum atomic E-state index is 0.644. The Balaban J connectivity index is 1.98. The number of nitrogens with two attached hydrogens (primary N) is 1. The number of nitrogens with one attached hydrogen (secondary N) is 1. The Hall–Kier alpha value is -2.55. The van der Waals surface area contributed by atoms with Crippen LogP contribution in [-0.4, -0.2) is 4.98 Å². The van der Waals surface area contributed by atoms with Gasteiger partial charge in [-0.2, -0.15) is 0 Å². The lowest BCUT2D eigenvalue weighted by Crippen LogP contribution is -1.98. The van der Waals surface area contributed by atoms with Gasteiger partial charge in [0.25, 0.3) is 0 Å². The lowest BCUT2D eigenvalue weighted by atomic mass is 10.1. The molecule has 3 heteroatoms. The summed E-state index contributed by atoms with van der Waals surface area (Å²) in [6.45, 7) is 0. The van der Waals surface area contributed by atoms with Crippen molar-refractivity contribution in [2.24, 2.45) is 0 Å². The molecule has 0 bridgehead atoms. The predicted molar refractivity (Wildman–Crippen MR) is 75.9 cm³/mol. The van der Waals surface area contributed by atoms with Crippen LogP contribution in [0.15, 0.2) is 60.8 Å². The summed E-state index contributed by atoms with van der Waals surface area (Å²) >= 11 is 0. The fraction of sp³-hybridized carbons (Fsp3) is 0. The second-order valence-electron chi connectivity index (χ2n) is 4.13. The summed E-state index contributed by atoms with van der Waals surface area (Å²) in [5.41, 5.74) is 7.49. The number of pyridine rings is 1. The van der Waals surface area contributed by atoms with Crippen molar-refractivity contribution in [1.82, 2.24) is 4.98 Å². The summed E-state index contributed by atoms with van der Waals surface area (Å²) in [4.78, 5) is 4.22. The fourth-order valence-corrected chi connectivity index (χ4v) is 1.93. The van der Waals surface area contributed by atoms with Gasteiger partial charge in [0.1, 0.15) is 0 Å². The number of nitrogen functional groups attached to an aromatic ring is 1. The number of benzene rings is 2. The monoisotopic (exact) mass is 235 g/mol. The first-order valence-corrected chi connectivity index (χ1v) is 5.79. The molecule has 0 amide bonds. The quantitative estimate of drug-likeness (QED) is 0.714. The maximum absolute atomic E-state index is 5.86. The Morgan fingerprint density at radius 3 is 2.56 bits per heavy atom. The van der Waals surface area contributed by atoms with Gasteiger partial charge in [0, 0.05) is 11.9 Å². The molecule has 0 saturated carbocycles. The van der Waals surface area contributed by atoms with Crippen LogP contribution in [0.2, 0.25) is 0 Å². The molecule has 3 aromatic rings. The van der Waals surface area contributed by atoms with E-state index in [2.05, 4.69) is 34.6 Å². The van der Waals surface area contributed by atoms with Gasteiger partial charge in [-0.3, -0.25) is 0 Å². The van der Waals surface area contributed by atoms with Crippen LogP contribution in [0, 0.1) is 0 Å². The molecule has 0 saturated heterocycles. The molecule has 0 spiro atoms. The third-order valence-corrected chi connectivity index (χ3v) is 2.85. The van der Waals surface area contributed by atoms with E-state index in [0.717, 1.165) is 5.69 Å². The van der Waals surface area contributed by atoms with Crippen LogP contribution in [0.1, 0.15) is 0 Å². The molecule has 0 atom stereocenters. The molecule has 2 aromatic carbocycles. The number of nitrogens with zero attached hydrogens (tertiary/aromatic N) is 1. The van der Waals surface area contributed by atoms with E-state index in [1.165, 1.54) is 10.8 Å². The summed E-state index contributed by atoms with van der Waals surface area (Å²) in [6.07, 6.45) is 1.72. The second kappa shape index (κ2) is 4.37. The van der Waals surface area contributed by atoms with Gasteiger partial charge >= 0.3 is 0 Å². The first kappa shape index (κ1) is 10.6. The van der Waals surface area contributed by atoms with Crippen LogP contribution in [0.25, 0.3) is 10.8 Å². The average Bonchev–Trinajstić information content (AvgIpc) is 2.41. The van der Waals surface area contributed by atoms with Gasteiger partial charge in [-0.15, -0.1) is 0 Å². The van der Waals surface area contributed by atoms with Gasteiger partial charge < -0.3 is 11.1 Å². The van der Waals surface area contributed by atoms with Crippen LogP contribution in [-0.2, 0) is 0 Å². The molecule has 0 aliphatic heterocycles. The van der Waals surface area contributed by atoms with Crippen molar-refractivity contribution in [2.45, 2.75) is 0 Å². The van der Waals surface area contributed by atoms with Crippen molar-refractivity contribution < 1.29 is 0 Å². The van der Waals surface area contributed by atoms with Crippen molar-refractivity contribution in [3.05, 3.63) is 60.8 Å². The van der Waals surface area contributed by atoms with Gasteiger partial charge in [-0.1, -0.05) is 30.3 Å². The van der Waals surface area contributed by atoms with Crippen molar-refractivity contribution in [3.8, 4) is 0 Å². The molecule has 1 aromatic heterocycles. The second-order valence-corrected chi connectivity index (χ2v) is 4.13. The van der Waals surface area contributed by atoms with Crippen molar-refractivity contribution in [2.75, 3.05) is 11.1 Å². The van der Waals surface area contributed by atoms with E-state index in [-0.39, 0.29) is 0 Å². The molecular formula is C15H13N3. The van der Waals surface area contributed by atoms with Gasteiger partial charge in [0.2, 0.25) is 0 Å². The van der Waals surface area contributed by atoms with E-state index >= 15 is 0 Å². The third-order valence-electron chi connectivity index (χ3n) is 2.85. The first-order chi connectivity index (χ1) is 8.83. The Morgan fingerprint density at radius 1 is 0.889 bits per heavy atom. The molecule has 0 aliphatic carbocycles. The standard InChI is InChI=1S/C15H13N3/c16-14-6-3-9-17-15(14)18-13-8-7-11-4-1-2-5-12(11)10-13/h1-10H,16H2,(H,17,18). The zero-order valence-electron chi connectivity index (χ0n) is 9.80. The zero-order valence-corrected chi connectivity index (χ0v) is 9.80. The van der Waals surface area contributed by atoms with Crippen molar-refractivity contribution >= 4 is 28.0 Å². The Labute approximate surface area is 105 Å². The predicted octanol–water partition coefficient (Wildman–Crippen LogP) is 3.56. The molecule has 0 aliphatic rings. The van der Waals surface area contributed by atoms with Crippen molar-refractivity contribution in [1.29, 1.82) is 0 Å². The van der Waals surface area contributed by atoms with E-state index in [9.17, 15) is 0 Å². The summed E-state index contributed by atoms with van der Waals surface area (Å²) in [6, 6.07) is 18.1. The number of fused-ring (bicyclic) bond motifs is 1. The molecule has 3 N–H and O–H groups in total. The van der Waals surface area contributed by atoms with Crippen LogP contribution in [0.5, 0.6) is 0 Å². The highest BCUT2D eigenvalue weighted by Crippen LogP contribution is 2.23. The lowest BCUT2D eigenvalue weighted by Gasteiger charge is -2.08. The third kappa shape index (κ3) is 1.98. The van der Waals surface area contributed by atoms with Crippen LogP contribution in [0.3, 0.4) is 0 Å². The fourth-order valence-electron chi connectivity index (χ4n) is 1.93. The minimum Gasteiger partial charge on any atom is -0.396 e.